The lowest BCUT2D eigenvalue weighted by Gasteiger charge is -1.94. The van der Waals surface area contributed by atoms with Crippen LogP contribution in [0.5, 0.6) is 0 Å². The summed E-state index contributed by atoms with van der Waals surface area (Å²) in [5.41, 5.74) is 0. The van der Waals surface area contributed by atoms with Gasteiger partial charge in [0.2, 0.25) is 4.55 Å². The summed E-state index contributed by atoms with van der Waals surface area (Å²) in [5, 5.41) is 0. The molecule has 0 aliphatic heterocycles. The van der Waals surface area contributed by atoms with Crippen LogP contribution in [0.15, 0.2) is 0 Å². The average Bonchev–Trinajstić information content (AvgIpc) is 1.30. The van der Waals surface area contributed by atoms with Crippen LogP contribution in [0.3, 0.4) is 0 Å². The highest BCUT2D eigenvalue weighted by Gasteiger charge is 2.07. The van der Waals surface area contributed by atoms with Gasteiger partial charge in [0.05, 0.1) is 0 Å². The van der Waals surface area contributed by atoms with Gasteiger partial charge in [0.1, 0.15) is 0 Å². The van der Waals surface area contributed by atoms with E-state index in [9.17, 15) is 4.57 Å². The molecular formula is C3H7Br2OP. The first-order chi connectivity index (χ1) is 3.06. The van der Waals surface area contributed by atoms with Crippen LogP contribution < -0.4 is 0 Å². The summed E-state index contributed by atoms with van der Waals surface area (Å²) >= 11 is 6.02. The minimum Gasteiger partial charge on any atom is -0.300 e. The first kappa shape index (κ1) is 8.19. The Morgan fingerprint density at radius 1 is 1.57 bits per heavy atom. The minimum absolute atomic E-state index is 0.729. The quantitative estimate of drug-likeness (QED) is 0.686. The van der Waals surface area contributed by atoms with Crippen LogP contribution in [0.1, 0.15) is 13.3 Å². The molecule has 0 heterocycles. The molecule has 0 saturated carbocycles. The molecule has 0 aliphatic carbocycles. The van der Waals surface area contributed by atoms with Crippen LogP contribution in [0.2, 0.25) is 0 Å². The van der Waals surface area contributed by atoms with Gasteiger partial charge in [-0.1, -0.05) is 6.92 Å². The van der Waals surface area contributed by atoms with Gasteiger partial charge >= 0.3 is 0 Å². The molecule has 0 radical (unpaired) electrons. The van der Waals surface area contributed by atoms with Crippen molar-refractivity contribution in [3.63, 3.8) is 0 Å². The van der Waals surface area contributed by atoms with Crippen LogP contribution in [0, 0.1) is 0 Å². The van der Waals surface area contributed by atoms with E-state index in [0.29, 0.717) is 0 Å². The van der Waals surface area contributed by atoms with Crippen LogP contribution in [-0.2, 0) is 4.57 Å². The van der Waals surface area contributed by atoms with E-state index in [1.807, 2.05) is 6.92 Å². The molecule has 0 bridgehead atoms. The fourth-order valence-electron chi connectivity index (χ4n) is 0.260. The SMILES string of the molecule is CCCP(=O)(Br)Br. The van der Waals surface area contributed by atoms with Crippen molar-refractivity contribution in [3.05, 3.63) is 0 Å². The summed E-state index contributed by atoms with van der Waals surface area (Å²) in [6, 6.07) is 0. The van der Waals surface area contributed by atoms with Crippen molar-refractivity contribution in [1.29, 1.82) is 0 Å². The Bertz CT molecular complexity index is 86.9. The molecule has 0 saturated heterocycles. The number of hydrogen-bond acceptors (Lipinski definition) is 1. The van der Waals surface area contributed by atoms with Gasteiger partial charge in [-0.2, -0.15) is 0 Å². The van der Waals surface area contributed by atoms with Crippen molar-refractivity contribution >= 4 is 35.5 Å². The van der Waals surface area contributed by atoms with Crippen LogP contribution in [0.25, 0.3) is 0 Å². The van der Waals surface area contributed by atoms with Crippen molar-refractivity contribution in [3.8, 4) is 0 Å². The zero-order valence-electron chi connectivity index (χ0n) is 4.03. The molecule has 0 aromatic heterocycles. The Morgan fingerprint density at radius 3 is 2.00 bits per heavy atom. The lowest BCUT2D eigenvalue weighted by atomic mass is 10.6. The van der Waals surface area contributed by atoms with Gasteiger partial charge in [-0.25, -0.2) is 0 Å². The largest absolute Gasteiger partial charge is 0.300 e. The second-order valence-electron chi connectivity index (χ2n) is 1.29. The summed E-state index contributed by atoms with van der Waals surface area (Å²) in [5.74, 6) is 0. The smallest absolute Gasteiger partial charge is 0.208 e. The van der Waals surface area contributed by atoms with E-state index in [1.54, 1.807) is 0 Å². The molecule has 0 unspecified atom stereocenters. The zero-order valence-corrected chi connectivity index (χ0v) is 8.09. The standard InChI is InChI=1S/C3H7Br2OP/c1-2-3-7(4,5)6/h2-3H2,1H3. The van der Waals surface area contributed by atoms with Gasteiger partial charge in [0.15, 0.2) is 0 Å². The van der Waals surface area contributed by atoms with Crippen molar-refractivity contribution < 1.29 is 4.57 Å². The molecule has 7 heavy (non-hydrogen) atoms. The molecule has 1 nitrogen and oxygen atoms in total. The molecule has 0 aromatic rings. The van der Waals surface area contributed by atoms with E-state index in [4.69, 9.17) is 0 Å². The molecule has 0 atom stereocenters. The van der Waals surface area contributed by atoms with E-state index in [-0.39, 0.29) is 0 Å². The number of rotatable bonds is 2. The summed E-state index contributed by atoms with van der Waals surface area (Å²) in [6.07, 6.45) is 1.68. The van der Waals surface area contributed by atoms with Crippen molar-refractivity contribution in [2.45, 2.75) is 13.3 Å². The molecule has 4 heteroatoms. The highest BCUT2D eigenvalue weighted by Crippen LogP contribution is 2.61. The third-order valence-corrected chi connectivity index (χ3v) is 3.58. The van der Waals surface area contributed by atoms with Crippen molar-refractivity contribution in [1.82, 2.24) is 0 Å². The molecule has 0 aromatic carbocycles. The molecule has 0 spiro atoms. The highest BCUT2D eigenvalue weighted by atomic mass is 79.9. The molecule has 44 valence electrons. The average molecular weight is 250 g/mol. The van der Waals surface area contributed by atoms with Gasteiger partial charge in [0.25, 0.3) is 0 Å². The first-order valence-corrected chi connectivity index (χ1v) is 7.97. The van der Waals surface area contributed by atoms with Gasteiger partial charge in [0, 0.05) is 6.16 Å². The van der Waals surface area contributed by atoms with Gasteiger partial charge in [-0.15, -0.1) is 0 Å². The molecule has 0 aliphatic rings. The monoisotopic (exact) mass is 248 g/mol. The predicted molar refractivity (Wildman–Crippen MR) is 40.6 cm³/mol. The van der Waals surface area contributed by atoms with E-state index in [0.717, 1.165) is 12.6 Å². The summed E-state index contributed by atoms with van der Waals surface area (Å²) in [6.45, 7) is 2.00. The van der Waals surface area contributed by atoms with E-state index in [1.165, 1.54) is 0 Å². The summed E-state index contributed by atoms with van der Waals surface area (Å²) in [4.78, 5) is 0. The Hall–Kier alpha value is 1.19. The van der Waals surface area contributed by atoms with Gasteiger partial charge < -0.3 is 0 Å². The summed E-state index contributed by atoms with van der Waals surface area (Å²) < 4.78 is 8.61. The van der Waals surface area contributed by atoms with Gasteiger partial charge in [-0.3, -0.25) is 4.57 Å². The lowest BCUT2D eigenvalue weighted by molar-refractivity contribution is 0.594. The fraction of sp³-hybridized carbons (Fsp3) is 1.00. The maximum Gasteiger partial charge on any atom is 0.208 e. The Labute approximate surface area is 59.7 Å². The number of halogens is 2. The summed E-state index contributed by atoms with van der Waals surface area (Å²) in [7, 11) is 0. The lowest BCUT2D eigenvalue weighted by Crippen LogP contribution is -1.68. The topological polar surface area (TPSA) is 17.1 Å². The third kappa shape index (κ3) is 7.19. The minimum atomic E-state index is -2.04. The Balaban J connectivity index is 3.36. The van der Waals surface area contributed by atoms with Gasteiger partial charge in [-0.05, 0) is 37.4 Å². The van der Waals surface area contributed by atoms with Crippen molar-refractivity contribution in [2.24, 2.45) is 0 Å². The Morgan fingerprint density at radius 2 is 2.00 bits per heavy atom. The fourth-order valence-corrected chi connectivity index (χ4v) is 2.91. The molecular weight excluding hydrogens is 243 g/mol. The van der Waals surface area contributed by atoms with Crippen LogP contribution in [0.4, 0.5) is 0 Å². The van der Waals surface area contributed by atoms with E-state index >= 15 is 0 Å². The highest BCUT2D eigenvalue weighted by molar-refractivity contribution is 9.70. The molecule has 0 amide bonds. The predicted octanol–water partition coefficient (Wildman–Crippen LogP) is 3.38. The second kappa shape index (κ2) is 3.26. The number of hydrogen-bond donors (Lipinski definition) is 0. The molecule has 0 N–H and O–H groups in total. The second-order valence-corrected chi connectivity index (χ2v) is 12.6. The Kier molecular flexibility index (Phi) is 3.82. The molecule has 0 rings (SSSR count). The zero-order chi connectivity index (χ0) is 5.91. The normalized spacial score (nSPS) is 11.9. The first-order valence-electron chi connectivity index (χ1n) is 2.04. The van der Waals surface area contributed by atoms with Crippen LogP contribution in [-0.4, -0.2) is 6.16 Å². The van der Waals surface area contributed by atoms with Crippen molar-refractivity contribution in [2.75, 3.05) is 6.16 Å². The third-order valence-electron chi connectivity index (χ3n) is 0.484. The maximum atomic E-state index is 10.6. The van der Waals surface area contributed by atoms with E-state index in [2.05, 4.69) is 31.0 Å². The van der Waals surface area contributed by atoms with E-state index < -0.39 is 4.55 Å². The van der Waals surface area contributed by atoms with Crippen LogP contribution >= 0.6 is 35.5 Å². The molecule has 0 fully saturated rings. The maximum absolute atomic E-state index is 10.6.